The Morgan fingerprint density at radius 1 is 0.250 bits per heavy atom. The lowest BCUT2D eigenvalue weighted by molar-refractivity contribution is 0.749. The highest BCUT2D eigenvalue weighted by molar-refractivity contribution is 6.13. The Kier molecular flexibility index (Phi) is 8.83. The first-order valence-electron chi connectivity index (χ1n) is 28.0. The Balaban J connectivity index is 0.859. The van der Waals surface area contributed by atoms with E-state index >= 15 is 0 Å². The zero-order valence-electron chi connectivity index (χ0n) is 43.6. The van der Waals surface area contributed by atoms with E-state index < -0.39 is 10.8 Å². The van der Waals surface area contributed by atoms with Crippen LogP contribution in [0.5, 0.6) is 0 Å². The molecule has 2 heterocycles. The molecule has 370 valence electrons. The molecule has 0 fully saturated rings. The third kappa shape index (κ3) is 5.52. The molecule has 0 bridgehead atoms. The molecular formula is C78H48N2. The van der Waals surface area contributed by atoms with Gasteiger partial charge >= 0.3 is 0 Å². The minimum atomic E-state index is -0.550. The minimum Gasteiger partial charge on any atom is -0.310 e. The van der Waals surface area contributed by atoms with Crippen molar-refractivity contribution >= 4 is 49.6 Å². The van der Waals surface area contributed by atoms with Gasteiger partial charge in [0.15, 0.2) is 0 Å². The highest BCUT2D eigenvalue weighted by Crippen LogP contribution is 2.65. The van der Waals surface area contributed by atoms with Crippen LogP contribution in [0.2, 0.25) is 0 Å². The second kappa shape index (κ2) is 16.1. The standard InChI is InChI=1S/C78H48N2/c1-2-19-49(20-3-1)50-37-40-52(41-38-50)79(53-42-44-61-59-25-8-13-31-67(59)77(72(61)48-53)65-29-11-6-22-56(65)57-23-7-12-30-66(57)77)74-46-45-54(55-21-4-5-26-62(55)74)51-39-43-60-58-24-9-14-32-68(58)78(71(60)47-51)69-33-15-17-36-75(69)80-73-35-16-10-27-63(73)64-28-18-34-70(78)76(64)80/h1-48H. The lowest BCUT2D eigenvalue weighted by Gasteiger charge is -2.39. The summed E-state index contributed by atoms with van der Waals surface area (Å²) in [7, 11) is 0. The maximum absolute atomic E-state index is 2.54. The molecule has 2 spiro atoms. The van der Waals surface area contributed by atoms with Gasteiger partial charge < -0.3 is 9.47 Å². The number of aromatic nitrogens is 1. The van der Waals surface area contributed by atoms with Gasteiger partial charge in [-0.05, 0) is 154 Å². The van der Waals surface area contributed by atoms with E-state index in [2.05, 4.69) is 301 Å². The fraction of sp³-hybridized carbons (Fsp3) is 0.0256. The maximum atomic E-state index is 2.54. The van der Waals surface area contributed by atoms with Crippen molar-refractivity contribution in [3.05, 3.63) is 336 Å². The zero-order chi connectivity index (χ0) is 52.3. The van der Waals surface area contributed by atoms with Crippen LogP contribution in [0.3, 0.4) is 0 Å². The van der Waals surface area contributed by atoms with E-state index in [1.165, 1.54) is 138 Å². The van der Waals surface area contributed by atoms with Crippen molar-refractivity contribution in [1.29, 1.82) is 0 Å². The van der Waals surface area contributed by atoms with Crippen LogP contribution in [-0.4, -0.2) is 4.57 Å². The summed E-state index contributed by atoms with van der Waals surface area (Å²) in [5, 5.41) is 4.96. The Morgan fingerprint density at radius 2 is 0.700 bits per heavy atom. The molecule has 0 saturated carbocycles. The molecule has 14 aromatic rings. The highest BCUT2D eigenvalue weighted by atomic mass is 15.1. The molecule has 0 radical (unpaired) electrons. The quantitative estimate of drug-likeness (QED) is 0.167. The van der Waals surface area contributed by atoms with Gasteiger partial charge in [-0.2, -0.15) is 0 Å². The summed E-state index contributed by atoms with van der Waals surface area (Å²) in [4.78, 5) is 2.51. The largest absolute Gasteiger partial charge is 0.310 e. The van der Waals surface area contributed by atoms with Crippen molar-refractivity contribution in [1.82, 2.24) is 4.57 Å². The molecule has 1 aromatic heterocycles. The number of fused-ring (bicyclic) bond motifs is 23. The molecule has 1 unspecified atom stereocenters. The topological polar surface area (TPSA) is 8.17 Å². The van der Waals surface area contributed by atoms with Gasteiger partial charge in [0.1, 0.15) is 0 Å². The average molecular weight is 1010 g/mol. The SMILES string of the molecule is c1ccc(-c2ccc(N(c3ccc4c(c3)C3(c5ccccc5-c5ccccc53)c3ccccc3-4)c3ccc(-c4ccc5c(c4)C4(c6ccccc6-5)c5ccccc5-n5c6ccccc6c6cccc4c65)c4ccccc34)cc2)cc1. The maximum Gasteiger partial charge on any atom is 0.0754 e. The second-order valence-corrected chi connectivity index (χ2v) is 22.2. The minimum absolute atomic E-state index is 0.477. The smallest absolute Gasteiger partial charge is 0.0754 e. The molecule has 1 aliphatic heterocycles. The number of para-hydroxylation sites is 3. The van der Waals surface area contributed by atoms with Crippen LogP contribution in [0.4, 0.5) is 17.1 Å². The van der Waals surface area contributed by atoms with Crippen LogP contribution in [0.1, 0.15) is 44.5 Å². The lowest BCUT2D eigenvalue weighted by Crippen LogP contribution is -2.33. The van der Waals surface area contributed by atoms with Gasteiger partial charge in [-0.3, -0.25) is 0 Å². The number of rotatable bonds is 5. The Morgan fingerprint density at radius 3 is 1.38 bits per heavy atom. The third-order valence-electron chi connectivity index (χ3n) is 18.6. The number of nitrogens with zero attached hydrogens (tertiary/aromatic N) is 2. The average Bonchev–Trinajstić information content (AvgIpc) is 4.13. The molecule has 13 aromatic carbocycles. The Labute approximate surface area is 464 Å². The molecule has 3 aliphatic carbocycles. The second-order valence-electron chi connectivity index (χ2n) is 22.2. The van der Waals surface area contributed by atoms with Crippen LogP contribution in [0, 0.1) is 0 Å². The van der Waals surface area contributed by atoms with Gasteiger partial charge in [-0.1, -0.05) is 243 Å². The Hall–Kier alpha value is -10.3. The number of hydrogen-bond donors (Lipinski definition) is 0. The van der Waals surface area contributed by atoms with E-state index in [0.717, 1.165) is 17.1 Å². The predicted molar refractivity (Wildman–Crippen MR) is 331 cm³/mol. The van der Waals surface area contributed by atoms with E-state index in [0.29, 0.717) is 0 Å². The van der Waals surface area contributed by atoms with Gasteiger partial charge in [0.25, 0.3) is 0 Å². The monoisotopic (exact) mass is 1010 g/mol. The van der Waals surface area contributed by atoms with Crippen molar-refractivity contribution in [2.75, 3.05) is 4.90 Å². The summed E-state index contributed by atoms with van der Waals surface area (Å²) in [6.45, 7) is 0. The zero-order valence-corrected chi connectivity index (χ0v) is 43.6. The number of anilines is 3. The fourth-order valence-corrected chi connectivity index (χ4v) is 15.5. The third-order valence-corrected chi connectivity index (χ3v) is 18.6. The van der Waals surface area contributed by atoms with Crippen molar-refractivity contribution < 1.29 is 0 Å². The molecule has 2 nitrogen and oxygen atoms in total. The van der Waals surface area contributed by atoms with Crippen molar-refractivity contribution in [3.8, 4) is 61.3 Å². The summed E-state index contributed by atoms with van der Waals surface area (Å²) >= 11 is 0. The van der Waals surface area contributed by atoms with Crippen molar-refractivity contribution in [2.45, 2.75) is 10.8 Å². The Bertz CT molecular complexity index is 4900. The number of hydrogen-bond acceptors (Lipinski definition) is 1. The molecule has 0 saturated heterocycles. The van der Waals surface area contributed by atoms with E-state index in [9.17, 15) is 0 Å². The molecule has 4 aliphatic rings. The van der Waals surface area contributed by atoms with Gasteiger partial charge in [0.05, 0.1) is 33.2 Å². The van der Waals surface area contributed by atoms with Gasteiger partial charge in [0, 0.05) is 27.5 Å². The van der Waals surface area contributed by atoms with Crippen molar-refractivity contribution in [2.24, 2.45) is 0 Å². The van der Waals surface area contributed by atoms with E-state index in [-0.39, 0.29) is 0 Å². The molecule has 0 N–H and O–H groups in total. The van der Waals surface area contributed by atoms with Gasteiger partial charge in [-0.25, -0.2) is 0 Å². The summed E-state index contributed by atoms with van der Waals surface area (Å²) in [5.74, 6) is 0. The van der Waals surface area contributed by atoms with Crippen LogP contribution in [-0.2, 0) is 10.8 Å². The van der Waals surface area contributed by atoms with E-state index in [4.69, 9.17) is 0 Å². The summed E-state index contributed by atoms with van der Waals surface area (Å²) in [5.41, 5.74) is 29.3. The van der Waals surface area contributed by atoms with Gasteiger partial charge in [0.2, 0.25) is 0 Å². The normalized spacial score (nSPS) is 15.2. The first-order chi connectivity index (χ1) is 39.7. The molecule has 80 heavy (non-hydrogen) atoms. The lowest BCUT2D eigenvalue weighted by atomic mass is 9.65. The predicted octanol–water partition coefficient (Wildman–Crippen LogP) is 19.8. The first-order valence-corrected chi connectivity index (χ1v) is 28.0. The molecule has 18 rings (SSSR count). The molecule has 0 amide bonds. The van der Waals surface area contributed by atoms with Gasteiger partial charge in [-0.15, -0.1) is 0 Å². The van der Waals surface area contributed by atoms with E-state index in [1.54, 1.807) is 0 Å². The van der Waals surface area contributed by atoms with Crippen LogP contribution >= 0.6 is 0 Å². The first kappa shape index (κ1) is 43.8. The highest BCUT2D eigenvalue weighted by Gasteiger charge is 2.53. The van der Waals surface area contributed by atoms with E-state index in [1.807, 2.05) is 0 Å². The number of benzene rings is 13. The van der Waals surface area contributed by atoms with Crippen LogP contribution in [0.15, 0.2) is 291 Å². The summed E-state index contributed by atoms with van der Waals surface area (Å²) in [6, 6.07) is 110. The molecule has 2 heteroatoms. The van der Waals surface area contributed by atoms with Crippen LogP contribution in [0.25, 0.3) is 93.9 Å². The summed E-state index contributed by atoms with van der Waals surface area (Å²) < 4.78 is 2.53. The van der Waals surface area contributed by atoms with Crippen LogP contribution < -0.4 is 4.90 Å². The molecule has 1 atom stereocenters. The van der Waals surface area contributed by atoms with Crippen molar-refractivity contribution in [3.63, 3.8) is 0 Å². The molecular weight excluding hydrogens is 965 g/mol. The fourth-order valence-electron chi connectivity index (χ4n) is 15.5. The summed E-state index contributed by atoms with van der Waals surface area (Å²) in [6.07, 6.45) is 0.